The second-order valence-corrected chi connectivity index (χ2v) is 3.90. The largest absolute Gasteiger partial charge is 0.506 e. The zero-order valence-electron chi connectivity index (χ0n) is 10.9. The Bertz CT molecular complexity index is 440. The number of carbonyl (C=O) groups is 1. The summed E-state index contributed by atoms with van der Waals surface area (Å²) >= 11 is 0. The Balaban J connectivity index is 0.00000324. The van der Waals surface area contributed by atoms with Crippen LogP contribution in [0.3, 0.4) is 0 Å². The van der Waals surface area contributed by atoms with Crippen LogP contribution in [0.5, 0.6) is 5.75 Å². The van der Waals surface area contributed by atoms with Gasteiger partial charge in [-0.2, -0.15) is 0 Å². The maximum atomic E-state index is 11.4. The van der Waals surface area contributed by atoms with Gasteiger partial charge < -0.3 is 20.7 Å². The van der Waals surface area contributed by atoms with Gasteiger partial charge in [-0.25, -0.2) is 0 Å². The first-order valence-corrected chi connectivity index (χ1v) is 5.70. The van der Waals surface area contributed by atoms with E-state index in [1.54, 1.807) is 13.8 Å². The van der Waals surface area contributed by atoms with E-state index in [4.69, 9.17) is 10.5 Å². The number of aryl methyl sites for hydroxylation is 1. The van der Waals surface area contributed by atoms with Crippen molar-refractivity contribution in [2.24, 2.45) is 5.73 Å². The summed E-state index contributed by atoms with van der Waals surface area (Å²) in [5.41, 5.74) is 7.03. The molecule has 4 N–H and O–H groups in total. The van der Waals surface area contributed by atoms with Crippen LogP contribution in [0.4, 0.5) is 0 Å². The molecule has 0 radical (unpaired) electrons. The van der Waals surface area contributed by atoms with E-state index in [2.05, 4.69) is 4.98 Å². The zero-order valence-corrected chi connectivity index (χ0v) is 11.7. The van der Waals surface area contributed by atoms with Crippen LogP contribution >= 0.6 is 12.4 Å². The Labute approximate surface area is 118 Å². The maximum Gasteiger partial charge on any atom is 0.307 e. The van der Waals surface area contributed by atoms with Gasteiger partial charge in [-0.15, -0.1) is 12.4 Å². The van der Waals surface area contributed by atoms with Gasteiger partial charge in [0.05, 0.1) is 25.3 Å². The molecule has 0 saturated carbocycles. The minimum atomic E-state index is -0.729. The van der Waals surface area contributed by atoms with Gasteiger partial charge in [0, 0.05) is 23.4 Å². The fraction of sp³-hybridized carbons (Fsp3) is 0.500. The van der Waals surface area contributed by atoms with Gasteiger partial charge in [0.25, 0.3) is 0 Å². The van der Waals surface area contributed by atoms with Gasteiger partial charge in [-0.1, -0.05) is 0 Å². The molecule has 1 aromatic rings. The van der Waals surface area contributed by atoms with Crippen LogP contribution in [0.25, 0.3) is 0 Å². The Kier molecular flexibility index (Phi) is 7.36. The summed E-state index contributed by atoms with van der Waals surface area (Å²) in [5, 5.41) is 19.1. The number of aromatic hydroxyl groups is 1. The molecular weight excluding hydrogens is 272 g/mol. The highest BCUT2D eigenvalue weighted by molar-refractivity contribution is 5.85. The van der Waals surface area contributed by atoms with Crippen LogP contribution in [0.1, 0.15) is 36.2 Å². The van der Waals surface area contributed by atoms with Gasteiger partial charge in [0.2, 0.25) is 0 Å². The van der Waals surface area contributed by atoms with Crippen LogP contribution in [0.2, 0.25) is 0 Å². The van der Waals surface area contributed by atoms with E-state index in [-0.39, 0.29) is 37.8 Å². The summed E-state index contributed by atoms with van der Waals surface area (Å²) in [6, 6.07) is -0.729. The number of hydrogen-bond acceptors (Lipinski definition) is 6. The Morgan fingerprint density at radius 1 is 1.58 bits per heavy atom. The number of nitrogens with two attached hydrogens (primary N) is 1. The standard InChI is InChI=1S/C12H18N2O4.ClH/c1-3-18-10(16)4-9(13)11-8(6-15)5-14-7(2)12(11)17;/h5,9,15,17H,3-4,6,13H2,1-2H3;1H/t9-;/m1./s1. The molecule has 1 heterocycles. The molecule has 0 aliphatic carbocycles. The van der Waals surface area contributed by atoms with Gasteiger partial charge in [-0.05, 0) is 13.8 Å². The lowest BCUT2D eigenvalue weighted by Gasteiger charge is -2.17. The van der Waals surface area contributed by atoms with Crippen molar-refractivity contribution in [3.63, 3.8) is 0 Å². The van der Waals surface area contributed by atoms with E-state index >= 15 is 0 Å². The quantitative estimate of drug-likeness (QED) is 0.698. The lowest BCUT2D eigenvalue weighted by atomic mass is 9.98. The molecule has 1 rings (SSSR count). The molecule has 0 fully saturated rings. The lowest BCUT2D eigenvalue weighted by molar-refractivity contribution is -0.143. The van der Waals surface area contributed by atoms with Crippen LogP contribution in [-0.4, -0.2) is 27.8 Å². The first-order chi connectivity index (χ1) is 8.51. The fourth-order valence-corrected chi connectivity index (χ4v) is 1.69. The minimum Gasteiger partial charge on any atom is -0.506 e. The predicted molar refractivity (Wildman–Crippen MR) is 72.0 cm³/mol. The highest BCUT2D eigenvalue weighted by Gasteiger charge is 2.21. The average molecular weight is 291 g/mol. The summed E-state index contributed by atoms with van der Waals surface area (Å²) < 4.78 is 4.80. The van der Waals surface area contributed by atoms with Crippen LogP contribution in [0, 0.1) is 6.92 Å². The van der Waals surface area contributed by atoms with Gasteiger partial charge in [-0.3, -0.25) is 9.78 Å². The molecule has 1 aromatic heterocycles. The summed E-state index contributed by atoms with van der Waals surface area (Å²) in [6.07, 6.45) is 1.38. The topological polar surface area (TPSA) is 106 Å². The Morgan fingerprint density at radius 3 is 2.74 bits per heavy atom. The number of ether oxygens (including phenoxy) is 1. The van der Waals surface area contributed by atoms with Crippen molar-refractivity contribution < 1.29 is 19.7 Å². The Hall–Kier alpha value is -1.37. The van der Waals surface area contributed by atoms with Crippen molar-refractivity contribution in [1.29, 1.82) is 0 Å². The van der Waals surface area contributed by atoms with Crippen LogP contribution in [0.15, 0.2) is 6.20 Å². The zero-order chi connectivity index (χ0) is 13.7. The number of hydrogen-bond donors (Lipinski definition) is 3. The van der Waals surface area contributed by atoms with E-state index in [0.29, 0.717) is 16.8 Å². The van der Waals surface area contributed by atoms with Gasteiger partial charge in [0.1, 0.15) is 5.75 Å². The van der Waals surface area contributed by atoms with Crippen LogP contribution < -0.4 is 5.73 Å². The molecule has 19 heavy (non-hydrogen) atoms. The molecule has 6 nitrogen and oxygen atoms in total. The molecule has 0 aromatic carbocycles. The Morgan fingerprint density at radius 2 is 2.21 bits per heavy atom. The molecule has 0 aliphatic rings. The highest BCUT2D eigenvalue weighted by Crippen LogP contribution is 2.30. The number of rotatable bonds is 5. The molecule has 108 valence electrons. The van der Waals surface area contributed by atoms with E-state index in [9.17, 15) is 15.0 Å². The third kappa shape index (κ3) is 4.34. The first-order valence-electron chi connectivity index (χ1n) is 5.70. The van der Waals surface area contributed by atoms with E-state index in [1.807, 2.05) is 0 Å². The van der Waals surface area contributed by atoms with Crippen molar-refractivity contribution in [2.75, 3.05) is 6.61 Å². The highest BCUT2D eigenvalue weighted by atomic mass is 35.5. The number of aliphatic hydroxyl groups excluding tert-OH is 1. The third-order valence-corrected chi connectivity index (χ3v) is 2.59. The van der Waals surface area contributed by atoms with Crippen LogP contribution in [-0.2, 0) is 16.1 Å². The third-order valence-electron chi connectivity index (χ3n) is 2.59. The maximum absolute atomic E-state index is 11.4. The second kappa shape index (κ2) is 7.93. The van der Waals surface area contributed by atoms with Crippen molar-refractivity contribution >= 4 is 18.4 Å². The molecule has 0 saturated heterocycles. The number of carbonyl (C=O) groups excluding carboxylic acids is 1. The summed E-state index contributed by atoms with van der Waals surface area (Å²) in [7, 11) is 0. The van der Waals surface area contributed by atoms with Crippen molar-refractivity contribution in [2.45, 2.75) is 32.9 Å². The molecule has 0 amide bonds. The van der Waals surface area contributed by atoms with E-state index in [0.717, 1.165) is 0 Å². The number of aliphatic hydroxyl groups is 1. The number of pyridine rings is 1. The van der Waals surface area contributed by atoms with Gasteiger partial charge >= 0.3 is 5.97 Å². The fourth-order valence-electron chi connectivity index (χ4n) is 1.69. The minimum absolute atomic E-state index is 0. The monoisotopic (exact) mass is 290 g/mol. The number of esters is 1. The predicted octanol–water partition coefficient (Wildman–Crippen LogP) is 0.963. The summed E-state index contributed by atoms with van der Waals surface area (Å²) in [6.45, 7) is 3.31. The number of halogens is 1. The first kappa shape index (κ1) is 17.6. The van der Waals surface area contributed by atoms with E-state index < -0.39 is 12.0 Å². The number of aromatic nitrogens is 1. The molecule has 1 atom stereocenters. The molecule has 7 heteroatoms. The smallest absolute Gasteiger partial charge is 0.307 e. The van der Waals surface area contributed by atoms with Crippen molar-refractivity contribution in [3.8, 4) is 5.75 Å². The van der Waals surface area contributed by atoms with Gasteiger partial charge in [0.15, 0.2) is 0 Å². The SMILES string of the molecule is CCOC(=O)C[C@@H](N)c1c(CO)cnc(C)c1O.Cl. The number of nitrogens with zero attached hydrogens (tertiary/aromatic N) is 1. The molecular formula is C12H19ClN2O4. The van der Waals surface area contributed by atoms with E-state index in [1.165, 1.54) is 6.20 Å². The van der Waals surface area contributed by atoms with Crippen molar-refractivity contribution in [3.05, 3.63) is 23.0 Å². The molecule has 0 bridgehead atoms. The molecule has 0 aliphatic heterocycles. The molecule has 0 unspecified atom stereocenters. The lowest BCUT2D eigenvalue weighted by Crippen LogP contribution is -2.19. The second-order valence-electron chi connectivity index (χ2n) is 3.90. The normalized spacial score (nSPS) is 11.6. The summed E-state index contributed by atoms with van der Waals surface area (Å²) in [4.78, 5) is 15.3. The average Bonchev–Trinajstić information content (AvgIpc) is 2.32. The summed E-state index contributed by atoms with van der Waals surface area (Å²) in [5.74, 6) is -0.527. The van der Waals surface area contributed by atoms with Crippen molar-refractivity contribution in [1.82, 2.24) is 4.98 Å². The molecule has 0 spiro atoms.